The Kier molecular flexibility index (Phi) is 4.52. The third-order valence-electron chi connectivity index (χ3n) is 1.80. The quantitative estimate of drug-likeness (QED) is 0.774. The van der Waals surface area contributed by atoms with Crippen LogP contribution in [0, 0.1) is 5.82 Å². The van der Waals surface area contributed by atoms with Crippen molar-refractivity contribution in [3.63, 3.8) is 0 Å². The van der Waals surface area contributed by atoms with Gasteiger partial charge in [0.15, 0.2) is 0 Å². The van der Waals surface area contributed by atoms with Crippen LogP contribution in [-0.2, 0) is 0 Å². The molecule has 0 unspecified atom stereocenters. The average molecular weight is 232 g/mol. The van der Waals surface area contributed by atoms with Gasteiger partial charge in [-0.05, 0) is 24.6 Å². The van der Waals surface area contributed by atoms with Gasteiger partial charge in [0.05, 0.1) is 5.02 Å². The third-order valence-corrected chi connectivity index (χ3v) is 2.11. The predicted molar refractivity (Wildman–Crippen MR) is 55.4 cm³/mol. The Bertz CT molecular complexity index is 357. The monoisotopic (exact) mass is 231 g/mol. The summed E-state index contributed by atoms with van der Waals surface area (Å²) in [7, 11) is 0. The molecule has 1 aromatic rings. The van der Waals surface area contributed by atoms with E-state index in [4.69, 9.17) is 16.7 Å². The zero-order valence-corrected chi connectivity index (χ0v) is 8.72. The van der Waals surface area contributed by atoms with Crippen molar-refractivity contribution < 1.29 is 14.3 Å². The number of halogens is 2. The summed E-state index contributed by atoms with van der Waals surface area (Å²) in [4.78, 5) is 11.4. The van der Waals surface area contributed by atoms with Gasteiger partial charge in [0.2, 0.25) is 0 Å². The van der Waals surface area contributed by atoms with Crippen LogP contribution in [0.5, 0.6) is 0 Å². The number of carbonyl (C=O) groups excluding carboxylic acids is 1. The number of rotatable bonds is 4. The molecule has 1 amide bonds. The fourth-order valence-electron chi connectivity index (χ4n) is 1.02. The van der Waals surface area contributed by atoms with Crippen LogP contribution in [0.15, 0.2) is 18.2 Å². The third kappa shape index (κ3) is 3.49. The number of hydrogen-bond donors (Lipinski definition) is 2. The molecule has 0 aliphatic carbocycles. The first-order valence-corrected chi connectivity index (χ1v) is 4.87. The van der Waals surface area contributed by atoms with Crippen molar-refractivity contribution in [2.75, 3.05) is 13.2 Å². The number of amides is 1. The highest BCUT2D eigenvalue weighted by Crippen LogP contribution is 2.15. The van der Waals surface area contributed by atoms with Gasteiger partial charge in [-0.25, -0.2) is 4.39 Å². The zero-order valence-electron chi connectivity index (χ0n) is 7.96. The lowest BCUT2D eigenvalue weighted by Crippen LogP contribution is -2.25. The van der Waals surface area contributed by atoms with E-state index in [1.807, 2.05) is 0 Å². The van der Waals surface area contributed by atoms with E-state index >= 15 is 0 Å². The minimum Gasteiger partial charge on any atom is -0.396 e. The number of aliphatic hydroxyl groups excluding tert-OH is 1. The van der Waals surface area contributed by atoms with Crippen molar-refractivity contribution in [2.45, 2.75) is 6.42 Å². The second kappa shape index (κ2) is 5.68. The molecule has 0 spiro atoms. The zero-order chi connectivity index (χ0) is 11.3. The van der Waals surface area contributed by atoms with E-state index in [-0.39, 0.29) is 23.1 Å². The largest absolute Gasteiger partial charge is 0.396 e. The molecule has 0 radical (unpaired) electrons. The molecule has 1 aromatic carbocycles. The van der Waals surface area contributed by atoms with Gasteiger partial charge in [0.25, 0.3) is 5.91 Å². The van der Waals surface area contributed by atoms with Crippen LogP contribution in [0.3, 0.4) is 0 Å². The second-order valence-electron chi connectivity index (χ2n) is 2.96. The van der Waals surface area contributed by atoms with E-state index in [9.17, 15) is 9.18 Å². The summed E-state index contributed by atoms with van der Waals surface area (Å²) in [6, 6.07) is 3.86. The van der Waals surface area contributed by atoms with Gasteiger partial charge >= 0.3 is 0 Å². The molecule has 82 valence electrons. The van der Waals surface area contributed by atoms with Gasteiger partial charge in [0.1, 0.15) is 5.82 Å². The lowest BCUT2D eigenvalue weighted by molar-refractivity contribution is 0.0950. The number of aliphatic hydroxyl groups is 1. The van der Waals surface area contributed by atoms with E-state index in [2.05, 4.69) is 5.32 Å². The molecule has 0 aromatic heterocycles. The topological polar surface area (TPSA) is 49.3 Å². The van der Waals surface area contributed by atoms with Crippen LogP contribution in [0.2, 0.25) is 5.02 Å². The smallest absolute Gasteiger partial charge is 0.251 e. The second-order valence-corrected chi connectivity index (χ2v) is 3.37. The SMILES string of the molecule is O=C(NCCCO)c1ccc(Cl)c(F)c1. The highest BCUT2D eigenvalue weighted by atomic mass is 35.5. The van der Waals surface area contributed by atoms with Crippen LogP contribution in [0.1, 0.15) is 16.8 Å². The van der Waals surface area contributed by atoms with Crippen LogP contribution in [0.4, 0.5) is 4.39 Å². The summed E-state index contributed by atoms with van der Waals surface area (Å²) in [6.45, 7) is 0.370. The molecule has 0 heterocycles. The predicted octanol–water partition coefficient (Wildman–Crippen LogP) is 1.59. The summed E-state index contributed by atoms with van der Waals surface area (Å²) >= 11 is 5.47. The molecular weight excluding hydrogens is 221 g/mol. The van der Waals surface area contributed by atoms with Crippen LogP contribution in [0.25, 0.3) is 0 Å². The van der Waals surface area contributed by atoms with E-state index in [0.29, 0.717) is 13.0 Å². The van der Waals surface area contributed by atoms with E-state index in [0.717, 1.165) is 6.07 Å². The van der Waals surface area contributed by atoms with Crippen LogP contribution in [-0.4, -0.2) is 24.2 Å². The fourth-order valence-corrected chi connectivity index (χ4v) is 1.14. The first-order valence-electron chi connectivity index (χ1n) is 4.49. The Labute approximate surface area is 91.9 Å². The minimum absolute atomic E-state index is 0.00919. The highest BCUT2D eigenvalue weighted by molar-refractivity contribution is 6.30. The lowest BCUT2D eigenvalue weighted by atomic mass is 10.2. The van der Waals surface area contributed by atoms with Gasteiger partial charge in [-0.2, -0.15) is 0 Å². The molecule has 0 aliphatic heterocycles. The van der Waals surface area contributed by atoms with E-state index < -0.39 is 5.82 Å². The van der Waals surface area contributed by atoms with Crippen molar-refractivity contribution in [3.8, 4) is 0 Å². The van der Waals surface area contributed by atoms with Gasteiger partial charge in [-0.15, -0.1) is 0 Å². The summed E-state index contributed by atoms with van der Waals surface area (Å²) < 4.78 is 13.0. The first-order chi connectivity index (χ1) is 7.15. The Morgan fingerprint density at radius 2 is 2.27 bits per heavy atom. The van der Waals surface area contributed by atoms with Crippen molar-refractivity contribution in [1.82, 2.24) is 5.32 Å². The molecule has 0 saturated carbocycles. The summed E-state index contributed by atoms with van der Waals surface area (Å²) in [5.74, 6) is -0.995. The maximum atomic E-state index is 13.0. The highest BCUT2D eigenvalue weighted by Gasteiger charge is 2.07. The van der Waals surface area contributed by atoms with Crippen molar-refractivity contribution >= 4 is 17.5 Å². The molecule has 5 heteroatoms. The molecule has 0 fully saturated rings. The average Bonchev–Trinajstić information content (AvgIpc) is 2.22. The first kappa shape index (κ1) is 11.9. The summed E-state index contributed by atoms with van der Waals surface area (Å²) in [5, 5.41) is 11.0. The molecule has 0 bridgehead atoms. The Morgan fingerprint density at radius 1 is 1.53 bits per heavy atom. The standard InChI is InChI=1S/C10H11ClFNO2/c11-8-3-2-7(6-9(8)12)10(15)13-4-1-5-14/h2-3,6,14H,1,4-5H2,(H,13,15). The van der Waals surface area contributed by atoms with Crippen LogP contribution < -0.4 is 5.32 Å². The van der Waals surface area contributed by atoms with Gasteiger partial charge in [-0.1, -0.05) is 11.6 Å². The van der Waals surface area contributed by atoms with Gasteiger partial charge in [-0.3, -0.25) is 4.79 Å². The van der Waals surface area contributed by atoms with Crippen molar-refractivity contribution in [2.24, 2.45) is 0 Å². The molecule has 1 rings (SSSR count). The molecule has 15 heavy (non-hydrogen) atoms. The molecule has 3 nitrogen and oxygen atoms in total. The Morgan fingerprint density at radius 3 is 2.87 bits per heavy atom. The molecular formula is C10H11ClFNO2. The van der Waals surface area contributed by atoms with E-state index in [1.54, 1.807) is 0 Å². The normalized spacial score (nSPS) is 10.1. The molecule has 2 N–H and O–H groups in total. The summed E-state index contributed by atoms with van der Waals surface area (Å²) in [5.41, 5.74) is 0.217. The Balaban J connectivity index is 2.62. The molecule has 0 aliphatic rings. The maximum absolute atomic E-state index is 13.0. The number of hydrogen-bond acceptors (Lipinski definition) is 2. The summed E-state index contributed by atoms with van der Waals surface area (Å²) in [6.07, 6.45) is 0.474. The Hall–Kier alpha value is -1.13. The van der Waals surface area contributed by atoms with Gasteiger partial charge < -0.3 is 10.4 Å². The maximum Gasteiger partial charge on any atom is 0.251 e. The number of carbonyl (C=O) groups is 1. The van der Waals surface area contributed by atoms with E-state index in [1.165, 1.54) is 12.1 Å². The van der Waals surface area contributed by atoms with Crippen molar-refractivity contribution in [1.29, 1.82) is 0 Å². The van der Waals surface area contributed by atoms with Crippen LogP contribution >= 0.6 is 11.6 Å². The van der Waals surface area contributed by atoms with Crippen molar-refractivity contribution in [3.05, 3.63) is 34.6 Å². The fraction of sp³-hybridized carbons (Fsp3) is 0.300. The lowest BCUT2D eigenvalue weighted by Gasteiger charge is -2.04. The number of benzene rings is 1. The number of nitrogens with one attached hydrogen (secondary N) is 1. The minimum atomic E-state index is -0.619. The molecule has 0 atom stereocenters. The molecule has 0 saturated heterocycles. The van der Waals surface area contributed by atoms with Gasteiger partial charge in [0, 0.05) is 18.7 Å².